The molecule has 5 heterocycles. The molecule has 7 aromatic rings. The second-order valence-electron chi connectivity index (χ2n) is 12.5. The minimum Gasteiger partial charge on any atom is -0.876 e. The second-order valence-corrected chi connectivity index (χ2v) is 12.5. The van der Waals surface area contributed by atoms with E-state index in [9.17, 15) is 5.11 Å². The summed E-state index contributed by atoms with van der Waals surface area (Å²) in [6.45, 7) is 4.42. The molecule has 0 aliphatic carbocycles. The van der Waals surface area contributed by atoms with E-state index in [0.717, 1.165) is 89.4 Å². The van der Waals surface area contributed by atoms with Crippen molar-refractivity contribution >= 4 is 46.4 Å². The zero-order valence-corrected chi connectivity index (χ0v) is 29.9. The van der Waals surface area contributed by atoms with E-state index in [0.29, 0.717) is 0 Å². The Labute approximate surface area is 319 Å². The molecule has 2 aliphatic heterocycles. The molecule has 0 radical (unpaired) electrons. The van der Waals surface area contributed by atoms with Gasteiger partial charge in [-0.1, -0.05) is 153 Å². The Morgan fingerprint density at radius 3 is 0.830 bits per heavy atom. The van der Waals surface area contributed by atoms with Crippen LogP contribution in [0.4, 0.5) is 0 Å². The Balaban J connectivity index is 0.000000831. The Hall–Kier alpha value is -6.47. The molecule has 53 heavy (non-hydrogen) atoms. The molecule has 6 heteroatoms. The summed E-state index contributed by atoms with van der Waals surface area (Å²) in [7, 11) is 0. The monoisotopic (exact) mass is 728 g/mol. The van der Waals surface area contributed by atoms with Crippen LogP contribution in [-0.2, 0) is 16.8 Å². The molecule has 256 valence electrons. The summed E-state index contributed by atoms with van der Waals surface area (Å²) in [6.07, 6.45) is 8.41. The molecule has 2 aliphatic rings. The van der Waals surface area contributed by atoms with Gasteiger partial charge in [-0.15, -0.1) is 34.4 Å². The van der Waals surface area contributed by atoms with Crippen molar-refractivity contribution < 1.29 is 21.9 Å². The molecule has 0 unspecified atom stereocenters. The minimum atomic E-state index is -0.0833. The van der Waals surface area contributed by atoms with E-state index < -0.39 is 0 Å². The van der Waals surface area contributed by atoms with E-state index in [1.54, 1.807) is 0 Å². The van der Waals surface area contributed by atoms with E-state index in [1.807, 2.05) is 24.3 Å². The van der Waals surface area contributed by atoms with Crippen LogP contribution in [0.15, 0.2) is 158 Å². The number of rotatable bonds is 4. The second kappa shape index (κ2) is 15.4. The fraction of sp³-hybridized carbons (Fsp3) is 0.0213. The van der Waals surface area contributed by atoms with Crippen molar-refractivity contribution in [3.05, 3.63) is 181 Å². The molecule has 3 aromatic heterocycles. The summed E-state index contributed by atoms with van der Waals surface area (Å²) in [6, 6.07) is 50.0. The number of aromatic nitrogens is 4. The standard InChI is InChI=1S/C44H28N4.C3H6O.Co/c1-5-13-29(14-6-1)41-33-21-23-35(45-33)42(30-15-7-2-8-16-30)37-25-27-39(47-37)44(32-19-11-4-12-20-32)40-28-26-38(48-40)43(31-17-9-3-10-18-31)36-24-22-34(41)46-36;1-3(2)4;/h1-28H;4H,1H2,2H3;/q-2;;+3/p-1. The van der Waals surface area contributed by atoms with Crippen LogP contribution in [0.3, 0.4) is 0 Å². The first-order valence-electron chi connectivity index (χ1n) is 17.1. The SMILES string of the molecule is C1=Cc2nc1c(-c1ccccc1)c1ccc([n-]1)c(-c1ccccc1)c1nc(c(-c3ccccc3)c3ccc([n-]3)c2-c2ccccc2)C=C1.C=C(C)[O-].[Co+3]. The van der Waals surface area contributed by atoms with E-state index >= 15 is 0 Å². The molecule has 9 rings (SSSR count). The number of hydrogen-bond acceptors (Lipinski definition) is 3. The Kier molecular flexibility index (Phi) is 10.2. The average Bonchev–Trinajstić information content (AvgIpc) is 4.01. The molecule has 0 N–H and O–H groups in total. The van der Waals surface area contributed by atoms with Crippen LogP contribution in [0.1, 0.15) is 29.7 Å². The average molecular weight is 729 g/mol. The van der Waals surface area contributed by atoms with Gasteiger partial charge in [0.05, 0.1) is 22.8 Å². The summed E-state index contributed by atoms with van der Waals surface area (Å²) in [5, 5.41) is 9.33. The first-order chi connectivity index (χ1) is 25.5. The number of benzene rings is 4. The third-order valence-electron chi connectivity index (χ3n) is 8.86. The number of fused-ring (bicyclic) bond motifs is 8. The van der Waals surface area contributed by atoms with Crippen molar-refractivity contribution in [3.8, 4) is 44.5 Å². The third kappa shape index (κ3) is 7.19. The van der Waals surface area contributed by atoms with Gasteiger partial charge < -0.3 is 15.1 Å². The van der Waals surface area contributed by atoms with Crippen LogP contribution in [0, 0.1) is 0 Å². The van der Waals surface area contributed by atoms with E-state index in [-0.39, 0.29) is 22.5 Å². The Bertz CT molecular complexity index is 2290. The van der Waals surface area contributed by atoms with Crippen molar-refractivity contribution in [1.29, 1.82) is 0 Å². The molecule has 0 saturated heterocycles. The van der Waals surface area contributed by atoms with Gasteiger partial charge in [0.2, 0.25) is 0 Å². The van der Waals surface area contributed by atoms with E-state index in [2.05, 4.69) is 152 Å². The van der Waals surface area contributed by atoms with Crippen LogP contribution < -0.4 is 15.1 Å². The van der Waals surface area contributed by atoms with E-state index in [1.165, 1.54) is 6.92 Å². The molecular weight excluding hydrogens is 695 g/mol. The molecule has 0 amide bonds. The first kappa shape index (κ1) is 35.0. The maximum Gasteiger partial charge on any atom is 3.00 e. The van der Waals surface area contributed by atoms with Gasteiger partial charge in [0.1, 0.15) is 0 Å². The normalized spacial score (nSPS) is 11.3. The number of hydrogen-bond donors (Lipinski definition) is 0. The van der Waals surface area contributed by atoms with Crippen molar-refractivity contribution in [2.75, 3.05) is 0 Å². The topological polar surface area (TPSA) is 77.0 Å². The van der Waals surface area contributed by atoms with Crippen LogP contribution in [0.2, 0.25) is 0 Å². The van der Waals surface area contributed by atoms with Crippen molar-refractivity contribution in [3.63, 3.8) is 0 Å². The molecule has 4 aromatic carbocycles. The zero-order valence-electron chi connectivity index (χ0n) is 28.9. The smallest absolute Gasteiger partial charge is 0.876 e. The molecule has 0 fully saturated rings. The number of allylic oxidation sites excluding steroid dienone is 1. The fourth-order valence-electron chi connectivity index (χ4n) is 6.69. The van der Waals surface area contributed by atoms with Crippen LogP contribution in [0.5, 0.6) is 0 Å². The van der Waals surface area contributed by atoms with Crippen LogP contribution in [0.25, 0.3) is 90.9 Å². The van der Waals surface area contributed by atoms with Crippen molar-refractivity contribution in [1.82, 2.24) is 19.9 Å². The summed E-state index contributed by atoms with van der Waals surface area (Å²) in [4.78, 5) is 21.2. The summed E-state index contributed by atoms with van der Waals surface area (Å²) >= 11 is 0. The minimum absolute atomic E-state index is 0. The third-order valence-corrected chi connectivity index (χ3v) is 8.86. The Morgan fingerprint density at radius 1 is 0.415 bits per heavy atom. The quantitative estimate of drug-likeness (QED) is 0.169. The van der Waals surface area contributed by atoms with Gasteiger partial charge in [-0.25, -0.2) is 9.97 Å². The van der Waals surface area contributed by atoms with Crippen molar-refractivity contribution in [2.24, 2.45) is 0 Å². The Morgan fingerprint density at radius 2 is 0.623 bits per heavy atom. The largest absolute Gasteiger partial charge is 3.00 e. The fourth-order valence-corrected chi connectivity index (χ4v) is 6.69. The molecular formula is C47H33CoN4O. The molecule has 0 saturated carbocycles. The predicted molar refractivity (Wildman–Crippen MR) is 213 cm³/mol. The molecule has 0 atom stereocenters. The van der Waals surface area contributed by atoms with Crippen LogP contribution >= 0.6 is 0 Å². The van der Waals surface area contributed by atoms with Gasteiger partial charge >= 0.3 is 16.8 Å². The maximum atomic E-state index is 9.33. The first-order valence-corrected chi connectivity index (χ1v) is 17.1. The van der Waals surface area contributed by atoms with Gasteiger partial charge in [0.25, 0.3) is 0 Å². The van der Waals surface area contributed by atoms with Gasteiger partial charge in [-0.05, 0) is 68.8 Å². The number of nitrogens with zero attached hydrogens (tertiary/aromatic N) is 4. The maximum absolute atomic E-state index is 9.33. The molecule has 5 nitrogen and oxygen atoms in total. The predicted octanol–water partition coefficient (Wildman–Crippen LogP) is 10.5. The van der Waals surface area contributed by atoms with Gasteiger partial charge in [-0.3, -0.25) is 0 Å². The van der Waals surface area contributed by atoms with Crippen LogP contribution in [-0.4, -0.2) is 9.97 Å². The van der Waals surface area contributed by atoms with Gasteiger partial charge in [0, 0.05) is 0 Å². The summed E-state index contributed by atoms with van der Waals surface area (Å²) in [5.74, 6) is -0.0833. The summed E-state index contributed by atoms with van der Waals surface area (Å²) < 4.78 is 0. The van der Waals surface area contributed by atoms with Crippen molar-refractivity contribution in [2.45, 2.75) is 6.92 Å². The summed E-state index contributed by atoms with van der Waals surface area (Å²) in [5.41, 5.74) is 15.0. The van der Waals surface area contributed by atoms with Gasteiger partial charge in [0.15, 0.2) is 0 Å². The molecule has 0 spiro atoms. The van der Waals surface area contributed by atoms with Gasteiger partial charge in [-0.2, -0.15) is 0 Å². The molecule has 8 bridgehead atoms. The van der Waals surface area contributed by atoms with E-state index in [4.69, 9.17) is 19.9 Å². The zero-order chi connectivity index (χ0) is 35.4.